The van der Waals surface area contributed by atoms with Crippen molar-refractivity contribution in [1.82, 2.24) is 4.90 Å². The minimum absolute atomic E-state index is 0.273. The van der Waals surface area contributed by atoms with Crippen LogP contribution in [0.25, 0.3) is 0 Å². The first kappa shape index (κ1) is 12.7. The van der Waals surface area contributed by atoms with Crippen LogP contribution in [0.15, 0.2) is 11.8 Å². The minimum Gasteiger partial charge on any atom is -0.503 e. The van der Waals surface area contributed by atoms with Crippen molar-refractivity contribution in [2.75, 3.05) is 14.1 Å². The Labute approximate surface area is 84.2 Å². The zero-order valence-corrected chi connectivity index (χ0v) is 9.29. The van der Waals surface area contributed by atoms with Crippen molar-refractivity contribution in [1.29, 1.82) is 0 Å². The number of hydrogen-bond acceptors (Lipinski definition) is 3. The van der Waals surface area contributed by atoms with Gasteiger partial charge in [0.25, 0.3) is 5.91 Å². The number of aliphatic hydroxyl groups is 1. The lowest BCUT2D eigenvalue weighted by Crippen LogP contribution is -2.25. The molecule has 0 heterocycles. The van der Waals surface area contributed by atoms with Crippen LogP contribution in [0, 0.1) is 5.41 Å². The molecule has 0 aromatic rings. The molecule has 4 nitrogen and oxygen atoms in total. The molecule has 1 amide bonds. The van der Waals surface area contributed by atoms with Crippen LogP contribution in [0.1, 0.15) is 20.8 Å². The number of aliphatic hydroxyl groups excluding tert-OH is 1. The van der Waals surface area contributed by atoms with Gasteiger partial charge in [-0.2, -0.15) is 0 Å². The first-order chi connectivity index (χ1) is 6.16. The van der Waals surface area contributed by atoms with E-state index in [1.54, 1.807) is 20.8 Å². The maximum atomic E-state index is 11.4. The van der Waals surface area contributed by atoms with Gasteiger partial charge in [-0.15, -0.1) is 0 Å². The van der Waals surface area contributed by atoms with Crippen LogP contribution >= 0.6 is 0 Å². The number of likely N-dealkylation sites (N-methyl/N-ethyl adjacent to an activating group) is 1. The molecule has 0 unspecified atom stereocenters. The van der Waals surface area contributed by atoms with E-state index >= 15 is 0 Å². The number of hydrogen-bond donors (Lipinski definition) is 1. The molecule has 1 N–H and O–H groups in total. The first-order valence-corrected chi connectivity index (χ1v) is 4.33. The van der Waals surface area contributed by atoms with E-state index in [9.17, 15) is 14.7 Å². The van der Waals surface area contributed by atoms with Crippen molar-refractivity contribution in [3.05, 3.63) is 11.8 Å². The fraction of sp³-hybridized carbons (Fsp3) is 0.600. The Balaban J connectivity index is 4.70. The molecule has 0 spiro atoms. The maximum absolute atomic E-state index is 11.4. The molecule has 0 atom stereocenters. The van der Waals surface area contributed by atoms with Gasteiger partial charge in [0.05, 0.1) is 0 Å². The van der Waals surface area contributed by atoms with E-state index in [4.69, 9.17) is 0 Å². The SMILES string of the molecule is CN(C)C(=O)C(O)=CC(=O)C(C)(C)C. The van der Waals surface area contributed by atoms with Crippen LogP contribution in [-0.2, 0) is 9.59 Å². The second kappa shape index (κ2) is 4.26. The topological polar surface area (TPSA) is 57.6 Å². The van der Waals surface area contributed by atoms with Crippen molar-refractivity contribution in [2.24, 2.45) is 5.41 Å². The smallest absolute Gasteiger partial charge is 0.288 e. The van der Waals surface area contributed by atoms with Crippen LogP contribution in [0.2, 0.25) is 0 Å². The van der Waals surface area contributed by atoms with E-state index < -0.39 is 17.1 Å². The summed E-state index contributed by atoms with van der Waals surface area (Å²) in [5, 5.41) is 9.27. The highest BCUT2D eigenvalue weighted by Crippen LogP contribution is 2.15. The van der Waals surface area contributed by atoms with Gasteiger partial charge in [0.15, 0.2) is 11.5 Å². The number of carbonyl (C=O) groups excluding carboxylic acids is 2. The van der Waals surface area contributed by atoms with Crippen molar-refractivity contribution in [3.8, 4) is 0 Å². The molecule has 4 heteroatoms. The maximum Gasteiger partial charge on any atom is 0.288 e. The van der Waals surface area contributed by atoms with E-state index in [1.807, 2.05) is 0 Å². The van der Waals surface area contributed by atoms with E-state index in [2.05, 4.69) is 0 Å². The second-order valence-electron chi connectivity index (χ2n) is 4.34. The molecule has 0 aliphatic rings. The van der Waals surface area contributed by atoms with Crippen molar-refractivity contribution in [3.63, 3.8) is 0 Å². The lowest BCUT2D eigenvalue weighted by molar-refractivity contribution is -0.128. The third-order valence-corrected chi connectivity index (χ3v) is 1.63. The van der Waals surface area contributed by atoms with E-state index in [-0.39, 0.29) is 5.78 Å². The van der Waals surface area contributed by atoms with Gasteiger partial charge >= 0.3 is 0 Å². The first-order valence-electron chi connectivity index (χ1n) is 4.33. The van der Waals surface area contributed by atoms with Crippen LogP contribution in [0.5, 0.6) is 0 Å². The zero-order chi connectivity index (χ0) is 11.5. The molecule has 0 aliphatic heterocycles. The molecule has 0 radical (unpaired) electrons. The van der Waals surface area contributed by atoms with Crippen LogP contribution < -0.4 is 0 Å². The summed E-state index contributed by atoms with van der Waals surface area (Å²) in [4.78, 5) is 23.8. The van der Waals surface area contributed by atoms with Gasteiger partial charge in [-0.25, -0.2) is 0 Å². The summed E-state index contributed by atoms with van der Waals surface area (Å²) in [6.07, 6.45) is 0.975. The minimum atomic E-state index is -0.583. The molecule has 0 aromatic carbocycles. The van der Waals surface area contributed by atoms with Gasteiger partial charge in [0, 0.05) is 25.6 Å². The Hall–Kier alpha value is -1.32. The Bertz CT molecular complexity index is 272. The third kappa shape index (κ3) is 3.60. The summed E-state index contributed by atoms with van der Waals surface area (Å²) in [5.41, 5.74) is -0.583. The molecule has 80 valence electrons. The summed E-state index contributed by atoms with van der Waals surface area (Å²) in [7, 11) is 3.02. The van der Waals surface area contributed by atoms with Gasteiger partial charge in [-0.3, -0.25) is 9.59 Å². The molecule has 0 aliphatic carbocycles. The Morgan fingerprint density at radius 1 is 1.21 bits per heavy atom. The van der Waals surface area contributed by atoms with E-state index in [1.165, 1.54) is 19.0 Å². The van der Waals surface area contributed by atoms with Crippen molar-refractivity contribution < 1.29 is 14.7 Å². The normalized spacial score (nSPS) is 12.5. The largest absolute Gasteiger partial charge is 0.503 e. The summed E-state index contributed by atoms with van der Waals surface area (Å²) >= 11 is 0. The van der Waals surface area contributed by atoms with Crippen LogP contribution in [-0.4, -0.2) is 35.8 Å². The number of amides is 1. The Morgan fingerprint density at radius 3 is 1.93 bits per heavy atom. The van der Waals surface area contributed by atoms with E-state index in [0.717, 1.165) is 6.08 Å². The second-order valence-corrected chi connectivity index (χ2v) is 4.34. The highest BCUT2D eigenvalue weighted by atomic mass is 16.3. The number of allylic oxidation sites excluding steroid dienone is 1. The fourth-order valence-electron chi connectivity index (χ4n) is 0.632. The summed E-state index contributed by atoms with van der Waals surface area (Å²) in [5.74, 6) is -1.36. The predicted molar refractivity (Wildman–Crippen MR) is 53.9 cm³/mol. The molecule has 14 heavy (non-hydrogen) atoms. The van der Waals surface area contributed by atoms with Gasteiger partial charge in [-0.05, 0) is 0 Å². The average molecular weight is 199 g/mol. The number of rotatable bonds is 2. The van der Waals surface area contributed by atoms with Crippen LogP contribution in [0.4, 0.5) is 0 Å². The number of nitrogens with zero attached hydrogens (tertiary/aromatic N) is 1. The van der Waals surface area contributed by atoms with Crippen LogP contribution in [0.3, 0.4) is 0 Å². The molecule has 0 fully saturated rings. The quantitative estimate of drug-likeness (QED) is 0.535. The van der Waals surface area contributed by atoms with Gasteiger partial charge in [-0.1, -0.05) is 20.8 Å². The van der Waals surface area contributed by atoms with E-state index in [0.29, 0.717) is 0 Å². The summed E-state index contributed by atoms with van der Waals surface area (Å²) < 4.78 is 0. The number of carbonyl (C=O) groups is 2. The molecular formula is C10H17NO3. The lowest BCUT2D eigenvalue weighted by Gasteiger charge is -2.14. The molecule has 0 saturated heterocycles. The highest BCUT2D eigenvalue weighted by molar-refractivity contribution is 6.01. The molecule has 0 bridgehead atoms. The number of ketones is 1. The van der Waals surface area contributed by atoms with Crippen molar-refractivity contribution >= 4 is 11.7 Å². The fourth-order valence-corrected chi connectivity index (χ4v) is 0.632. The van der Waals surface area contributed by atoms with Gasteiger partial charge in [0.2, 0.25) is 0 Å². The van der Waals surface area contributed by atoms with Gasteiger partial charge in [0.1, 0.15) is 0 Å². The highest BCUT2D eigenvalue weighted by Gasteiger charge is 2.21. The molecule has 0 rings (SSSR count). The monoisotopic (exact) mass is 199 g/mol. The predicted octanol–water partition coefficient (Wildman–Crippen LogP) is 1.13. The third-order valence-electron chi connectivity index (χ3n) is 1.63. The summed E-state index contributed by atoms with van der Waals surface area (Å²) in [6.45, 7) is 5.16. The molecule has 0 saturated carbocycles. The molecular weight excluding hydrogens is 182 g/mol. The average Bonchev–Trinajstić information content (AvgIpc) is 2.00. The lowest BCUT2D eigenvalue weighted by atomic mass is 9.90. The zero-order valence-electron chi connectivity index (χ0n) is 9.29. The Morgan fingerprint density at radius 2 is 1.64 bits per heavy atom. The summed E-state index contributed by atoms with van der Waals surface area (Å²) in [6, 6.07) is 0. The molecule has 0 aromatic heterocycles. The standard InChI is InChI=1S/C10H17NO3/c1-10(2,3)8(13)6-7(12)9(14)11(4)5/h6,12H,1-5H3. The Kier molecular flexibility index (Phi) is 3.86. The van der Waals surface area contributed by atoms with Gasteiger partial charge < -0.3 is 10.0 Å². The van der Waals surface area contributed by atoms with Crippen molar-refractivity contribution in [2.45, 2.75) is 20.8 Å².